The number of halogens is 2. The monoisotopic (exact) mass is 272 g/mol. The Morgan fingerprint density at radius 2 is 2.06 bits per heavy atom. The number of amides is 1. The first kappa shape index (κ1) is 14.9. The van der Waals surface area contributed by atoms with Crippen LogP contribution in [0, 0.1) is 5.82 Å². The van der Waals surface area contributed by atoms with Crippen LogP contribution in [0.4, 0.5) is 4.39 Å². The standard InChI is InChI=1S/C13H18ClFN2O/c1-13(2,3)17-12(18)8-16-7-9-4-5-10(14)6-11(9)15/h4-6,16H,7-8H2,1-3H3,(H,17,18). The Hall–Kier alpha value is -1.13. The topological polar surface area (TPSA) is 41.1 Å². The molecule has 1 amide bonds. The number of hydrogen-bond acceptors (Lipinski definition) is 2. The van der Waals surface area contributed by atoms with E-state index in [1.165, 1.54) is 6.07 Å². The summed E-state index contributed by atoms with van der Waals surface area (Å²) < 4.78 is 13.4. The summed E-state index contributed by atoms with van der Waals surface area (Å²) >= 11 is 5.65. The predicted octanol–water partition coefficient (Wildman–Crippen LogP) is 2.48. The van der Waals surface area contributed by atoms with Gasteiger partial charge in [-0.25, -0.2) is 4.39 Å². The van der Waals surface area contributed by atoms with Gasteiger partial charge in [0, 0.05) is 22.7 Å². The Bertz CT molecular complexity index is 429. The Balaban J connectivity index is 2.40. The molecule has 0 aliphatic carbocycles. The second kappa shape index (κ2) is 6.16. The summed E-state index contributed by atoms with van der Waals surface area (Å²) in [5.41, 5.74) is 0.229. The first-order valence-corrected chi connectivity index (χ1v) is 6.11. The maximum absolute atomic E-state index is 13.4. The molecule has 18 heavy (non-hydrogen) atoms. The van der Waals surface area contributed by atoms with Gasteiger partial charge in [-0.05, 0) is 32.9 Å². The molecule has 1 aromatic rings. The molecule has 0 bridgehead atoms. The predicted molar refractivity (Wildman–Crippen MR) is 71.0 cm³/mol. The Kier molecular flexibility index (Phi) is 5.11. The van der Waals surface area contributed by atoms with Crippen LogP contribution >= 0.6 is 11.6 Å². The lowest BCUT2D eigenvalue weighted by molar-refractivity contribution is -0.121. The van der Waals surface area contributed by atoms with Crippen LogP contribution in [0.1, 0.15) is 26.3 Å². The molecule has 0 aliphatic rings. The van der Waals surface area contributed by atoms with Crippen molar-refractivity contribution in [2.45, 2.75) is 32.9 Å². The van der Waals surface area contributed by atoms with Crippen LogP contribution in [0.2, 0.25) is 5.02 Å². The van der Waals surface area contributed by atoms with E-state index in [4.69, 9.17) is 11.6 Å². The van der Waals surface area contributed by atoms with E-state index in [1.807, 2.05) is 20.8 Å². The van der Waals surface area contributed by atoms with Gasteiger partial charge in [-0.3, -0.25) is 4.79 Å². The van der Waals surface area contributed by atoms with Gasteiger partial charge in [0.2, 0.25) is 5.91 Å². The van der Waals surface area contributed by atoms with Gasteiger partial charge < -0.3 is 10.6 Å². The third kappa shape index (κ3) is 5.47. The van der Waals surface area contributed by atoms with E-state index < -0.39 is 0 Å². The SMILES string of the molecule is CC(C)(C)NC(=O)CNCc1ccc(Cl)cc1F. The molecule has 0 unspecified atom stereocenters. The van der Waals surface area contributed by atoms with Gasteiger partial charge in [0.1, 0.15) is 5.82 Å². The summed E-state index contributed by atoms with van der Waals surface area (Å²) in [5, 5.41) is 6.06. The van der Waals surface area contributed by atoms with E-state index in [9.17, 15) is 9.18 Å². The van der Waals surface area contributed by atoms with Gasteiger partial charge in [-0.1, -0.05) is 17.7 Å². The van der Waals surface area contributed by atoms with Crippen LogP contribution in [-0.2, 0) is 11.3 Å². The molecule has 0 aliphatic heterocycles. The Labute approximate surface area is 112 Å². The highest BCUT2D eigenvalue weighted by atomic mass is 35.5. The Morgan fingerprint density at radius 1 is 1.39 bits per heavy atom. The average Bonchev–Trinajstić information content (AvgIpc) is 2.18. The van der Waals surface area contributed by atoms with Gasteiger partial charge in [0.05, 0.1) is 6.54 Å². The van der Waals surface area contributed by atoms with Crippen molar-refractivity contribution in [3.05, 3.63) is 34.6 Å². The molecule has 0 fully saturated rings. The lowest BCUT2D eigenvalue weighted by Gasteiger charge is -2.20. The van der Waals surface area contributed by atoms with Gasteiger partial charge in [0.25, 0.3) is 0 Å². The highest BCUT2D eigenvalue weighted by Crippen LogP contribution is 2.14. The molecular formula is C13H18ClFN2O. The zero-order chi connectivity index (χ0) is 13.8. The maximum Gasteiger partial charge on any atom is 0.234 e. The number of carbonyl (C=O) groups is 1. The molecule has 2 N–H and O–H groups in total. The van der Waals surface area contributed by atoms with Crippen molar-refractivity contribution >= 4 is 17.5 Å². The minimum absolute atomic E-state index is 0.114. The fourth-order valence-corrected chi connectivity index (χ4v) is 1.60. The van der Waals surface area contributed by atoms with E-state index >= 15 is 0 Å². The summed E-state index contributed by atoms with van der Waals surface area (Å²) in [6, 6.07) is 4.48. The number of carbonyl (C=O) groups excluding carboxylic acids is 1. The molecular weight excluding hydrogens is 255 g/mol. The molecule has 0 radical (unpaired) electrons. The van der Waals surface area contributed by atoms with E-state index in [2.05, 4.69) is 10.6 Å². The molecule has 1 rings (SSSR count). The van der Waals surface area contributed by atoms with E-state index in [0.29, 0.717) is 17.1 Å². The lowest BCUT2D eigenvalue weighted by Crippen LogP contribution is -2.44. The van der Waals surface area contributed by atoms with Crippen LogP contribution in [0.15, 0.2) is 18.2 Å². The van der Waals surface area contributed by atoms with Crippen LogP contribution in [0.5, 0.6) is 0 Å². The number of hydrogen-bond donors (Lipinski definition) is 2. The smallest absolute Gasteiger partial charge is 0.234 e. The minimum Gasteiger partial charge on any atom is -0.350 e. The van der Waals surface area contributed by atoms with E-state index in [1.54, 1.807) is 12.1 Å². The normalized spacial score (nSPS) is 11.4. The number of benzene rings is 1. The molecule has 1 aromatic carbocycles. The average molecular weight is 273 g/mol. The van der Waals surface area contributed by atoms with Crippen molar-refractivity contribution in [1.29, 1.82) is 0 Å². The van der Waals surface area contributed by atoms with Crippen molar-refractivity contribution in [2.75, 3.05) is 6.54 Å². The second-order valence-corrected chi connectivity index (χ2v) is 5.57. The maximum atomic E-state index is 13.4. The quantitative estimate of drug-likeness (QED) is 0.884. The van der Waals surface area contributed by atoms with Crippen molar-refractivity contribution in [3.63, 3.8) is 0 Å². The summed E-state index contributed by atoms with van der Waals surface area (Å²) in [6.45, 7) is 6.16. The number of nitrogens with one attached hydrogen (secondary N) is 2. The zero-order valence-corrected chi connectivity index (χ0v) is 11.6. The van der Waals surface area contributed by atoms with Crippen LogP contribution in [0.3, 0.4) is 0 Å². The first-order chi connectivity index (χ1) is 8.28. The van der Waals surface area contributed by atoms with E-state index in [0.717, 1.165) is 0 Å². The van der Waals surface area contributed by atoms with E-state index in [-0.39, 0.29) is 23.8 Å². The zero-order valence-electron chi connectivity index (χ0n) is 10.8. The first-order valence-electron chi connectivity index (χ1n) is 5.73. The molecule has 0 spiro atoms. The van der Waals surface area contributed by atoms with Crippen molar-refractivity contribution in [3.8, 4) is 0 Å². The van der Waals surface area contributed by atoms with Crippen LogP contribution in [0.25, 0.3) is 0 Å². The van der Waals surface area contributed by atoms with Crippen LogP contribution < -0.4 is 10.6 Å². The summed E-state index contributed by atoms with van der Waals surface area (Å²) in [6.07, 6.45) is 0. The molecule has 0 saturated carbocycles. The molecule has 3 nitrogen and oxygen atoms in total. The van der Waals surface area contributed by atoms with Crippen molar-refractivity contribution < 1.29 is 9.18 Å². The third-order valence-corrected chi connectivity index (χ3v) is 2.37. The highest BCUT2D eigenvalue weighted by molar-refractivity contribution is 6.30. The van der Waals surface area contributed by atoms with Gasteiger partial charge in [0.15, 0.2) is 0 Å². The summed E-state index contributed by atoms with van der Waals surface area (Å²) in [7, 11) is 0. The molecule has 0 aromatic heterocycles. The van der Waals surface area contributed by atoms with Gasteiger partial charge >= 0.3 is 0 Å². The molecule has 0 heterocycles. The fraction of sp³-hybridized carbons (Fsp3) is 0.462. The van der Waals surface area contributed by atoms with Gasteiger partial charge in [-0.15, -0.1) is 0 Å². The lowest BCUT2D eigenvalue weighted by atomic mass is 10.1. The fourth-order valence-electron chi connectivity index (χ4n) is 1.44. The largest absolute Gasteiger partial charge is 0.350 e. The van der Waals surface area contributed by atoms with Crippen molar-refractivity contribution in [2.24, 2.45) is 0 Å². The second-order valence-electron chi connectivity index (χ2n) is 5.14. The van der Waals surface area contributed by atoms with Crippen LogP contribution in [-0.4, -0.2) is 18.0 Å². The van der Waals surface area contributed by atoms with Crippen molar-refractivity contribution in [1.82, 2.24) is 10.6 Å². The molecule has 100 valence electrons. The molecule has 0 saturated heterocycles. The summed E-state index contributed by atoms with van der Waals surface area (Å²) in [5.74, 6) is -0.483. The highest BCUT2D eigenvalue weighted by Gasteiger charge is 2.13. The minimum atomic E-state index is -0.369. The Morgan fingerprint density at radius 3 is 2.61 bits per heavy atom. The third-order valence-electron chi connectivity index (χ3n) is 2.13. The van der Waals surface area contributed by atoms with Gasteiger partial charge in [-0.2, -0.15) is 0 Å². The number of rotatable bonds is 4. The molecule has 0 atom stereocenters. The summed E-state index contributed by atoms with van der Waals surface area (Å²) in [4.78, 5) is 11.5. The molecule has 5 heteroatoms.